The average Bonchev–Trinajstić information content (AvgIpc) is 2.71. The molecule has 0 aliphatic carbocycles. The molecule has 28 heavy (non-hydrogen) atoms. The molecule has 0 amide bonds. The highest BCUT2D eigenvalue weighted by atomic mass is 16.5. The van der Waals surface area contributed by atoms with Crippen LogP contribution in [0.15, 0.2) is 43.0 Å². The third kappa shape index (κ3) is 14.0. The molecule has 1 N–H and O–H groups in total. The molecule has 1 aromatic carbocycles. The molecule has 2 atom stereocenters. The molecule has 2 heteroatoms. The van der Waals surface area contributed by atoms with Crippen molar-refractivity contribution in [2.24, 2.45) is 0 Å². The Balaban J connectivity index is 2.03. The van der Waals surface area contributed by atoms with E-state index in [1.54, 1.807) is 0 Å². The third-order valence-electron chi connectivity index (χ3n) is 5.43. The maximum Gasteiger partial charge on any atom is 0.0720 e. The van der Waals surface area contributed by atoms with Gasteiger partial charge in [0.15, 0.2) is 0 Å². The van der Waals surface area contributed by atoms with Gasteiger partial charge in [-0.3, -0.25) is 0 Å². The quantitative estimate of drug-likeness (QED) is 0.195. The van der Waals surface area contributed by atoms with Crippen LogP contribution >= 0.6 is 0 Å². The Morgan fingerprint density at radius 2 is 1.46 bits per heavy atom. The van der Waals surface area contributed by atoms with Crippen LogP contribution in [0.3, 0.4) is 0 Å². The van der Waals surface area contributed by atoms with Crippen LogP contribution < -0.4 is 0 Å². The lowest BCUT2D eigenvalue weighted by atomic mass is 10.0. The van der Waals surface area contributed by atoms with Gasteiger partial charge in [-0.1, -0.05) is 114 Å². The van der Waals surface area contributed by atoms with E-state index in [4.69, 9.17) is 4.74 Å². The number of rotatable bonds is 19. The molecule has 0 radical (unpaired) electrons. The largest absolute Gasteiger partial charge is 0.393 e. The molecule has 0 saturated heterocycles. The average molecular weight is 389 g/mol. The molecule has 1 aromatic rings. The summed E-state index contributed by atoms with van der Waals surface area (Å²) < 4.78 is 6.01. The first-order valence-electron chi connectivity index (χ1n) is 11.7. The van der Waals surface area contributed by atoms with Crippen molar-refractivity contribution in [3.63, 3.8) is 0 Å². The topological polar surface area (TPSA) is 29.5 Å². The molecule has 0 spiro atoms. The van der Waals surface area contributed by atoms with E-state index in [-0.39, 0.29) is 12.2 Å². The molecule has 0 unspecified atom stereocenters. The van der Waals surface area contributed by atoms with Gasteiger partial charge in [0.2, 0.25) is 0 Å². The molecular weight excluding hydrogens is 344 g/mol. The first-order valence-corrected chi connectivity index (χ1v) is 11.7. The number of hydrogen-bond donors (Lipinski definition) is 1. The zero-order valence-corrected chi connectivity index (χ0v) is 18.3. The Morgan fingerprint density at radius 3 is 2.04 bits per heavy atom. The lowest BCUT2D eigenvalue weighted by Gasteiger charge is -2.20. The summed E-state index contributed by atoms with van der Waals surface area (Å²) in [6, 6.07) is 10.2. The van der Waals surface area contributed by atoms with E-state index in [0.29, 0.717) is 13.0 Å². The van der Waals surface area contributed by atoms with Crippen molar-refractivity contribution >= 4 is 0 Å². The van der Waals surface area contributed by atoms with Crippen LogP contribution in [0.4, 0.5) is 0 Å². The van der Waals surface area contributed by atoms with Crippen molar-refractivity contribution in [1.82, 2.24) is 0 Å². The maximum absolute atomic E-state index is 10.4. The van der Waals surface area contributed by atoms with Gasteiger partial charge in [0.25, 0.3) is 0 Å². The van der Waals surface area contributed by atoms with Gasteiger partial charge in [0.05, 0.1) is 18.8 Å². The molecule has 0 aliphatic heterocycles. The van der Waals surface area contributed by atoms with Crippen LogP contribution in [0.25, 0.3) is 0 Å². The first kappa shape index (κ1) is 24.9. The summed E-state index contributed by atoms with van der Waals surface area (Å²) in [7, 11) is 0. The van der Waals surface area contributed by atoms with E-state index in [2.05, 4.69) is 25.6 Å². The lowest BCUT2D eigenvalue weighted by molar-refractivity contribution is 0.00350. The van der Waals surface area contributed by atoms with Gasteiger partial charge < -0.3 is 9.84 Å². The Bertz CT molecular complexity index is 457. The predicted octanol–water partition coefficient (Wildman–Crippen LogP) is 7.60. The highest BCUT2D eigenvalue weighted by Crippen LogP contribution is 2.17. The molecular formula is C26H44O2. The van der Waals surface area contributed by atoms with Gasteiger partial charge in [0.1, 0.15) is 0 Å². The fraction of sp³-hybridized carbons (Fsp3) is 0.692. The summed E-state index contributed by atoms with van der Waals surface area (Å²) in [5.41, 5.74) is 1.18. The molecule has 0 aromatic heterocycles. The van der Waals surface area contributed by atoms with Gasteiger partial charge in [-0.25, -0.2) is 0 Å². The summed E-state index contributed by atoms with van der Waals surface area (Å²) >= 11 is 0. The van der Waals surface area contributed by atoms with E-state index < -0.39 is 0 Å². The van der Waals surface area contributed by atoms with Crippen LogP contribution in [0.2, 0.25) is 0 Å². The number of unbranched alkanes of at least 4 members (excludes halogenated alkanes) is 10. The normalized spacial score (nSPS) is 13.4. The van der Waals surface area contributed by atoms with Gasteiger partial charge >= 0.3 is 0 Å². The van der Waals surface area contributed by atoms with Gasteiger partial charge in [-0.05, 0) is 24.8 Å². The Hall–Kier alpha value is -1.12. The molecule has 0 aliphatic rings. The fourth-order valence-electron chi connectivity index (χ4n) is 3.67. The first-order chi connectivity index (χ1) is 13.8. The highest BCUT2D eigenvalue weighted by Gasteiger charge is 2.14. The Kier molecular flexibility index (Phi) is 16.0. The molecule has 160 valence electrons. The van der Waals surface area contributed by atoms with Crippen molar-refractivity contribution in [1.29, 1.82) is 0 Å². The van der Waals surface area contributed by atoms with Crippen molar-refractivity contribution in [2.75, 3.05) is 0 Å². The summed E-state index contributed by atoms with van der Waals surface area (Å²) in [4.78, 5) is 0. The SMILES string of the molecule is C=CC[C@@H](C[C@H](O)CCCCCCCCCCCCC)OCc1ccccc1. The van der Waals surface area contributed by atoms with Crippen LogP contribution in [0, 0.1) is 0 Å². The minimum Gasteiger partial charge on any atom is -0.393 e. The Morgan fingerprint density at radius 1 is 0.893 bits per heavy atom. The number of benzene rings is 1. The van der Waals surface area contributed by atoms with E-state index in [0.717, 1.165) is 19.3 Å². The summed E-state index contributed by atoms with van der Waals surface area (Å²) in [6.07, 6.45) is 18.8. The molecule has 0 fully saturated rings. The zero-order chi connectivity index (χ0) is 20.3. The maximum atomic E-state index is 10.4. The summed E-state index contributed by atoms with van der Waals surface area (Å²) in [6.45, 7) is 6.71. The van der Waals surface area contributed by atoms with E-state index in [9.17, 15) is 5.11 Å². The summed E-state index contributed by atoms with van der Waals surface area (Å²) in [5, 5.41) is 10.4. The Labute approximate surface area is 174 Å². The fourth-order valence-corrected chi connectivity index (χ4v) is 3.67. The minimum absolute atomic E-state index is 0.0559. The molecule has 0 bridgehead atoms. The molecule has 2 nitrogen and oxygen atoms in total. The van der Waals surface area contributed by atoms with Crippen molar-refractivity contribution in [3.05, 3.63) is 48.6 Å². The zero-order valence-electron chi connectivity index (χ0n) is 18.3. The van der Waals surface area contributed by atoms with Crippen LogP contribution in [0.5, 0.6) is 0 Å². The second-order valence-electron chi connectivity index (χ2n) is 8.16. The predicted molar refractivity (Wildman–Crippen MR) is 122 cm³/mol. The third-order valence-corrected chi connectivity index (χ3v) is 5.43. The number of ether oxygens (including phenoxy) is 1. The summed E-state index contributed by atoms with van der Waals surface area (Å²) in [5.74, 6) is 0. The molecule has 0 heterocycles. The second-order valence-corrected chi connectivity index (χ2v) is 8.16. The van der Waals surface area contributed by atoms with Crippen LogP contribution in [-0.2, 0) is 11.3 Å². The smallest absolute Gasteiger partial charge is 0.0720 e. The number of aliphatic hydroxyl groups is 1. The second kappa shape index (κ2) is 17.9. The van der Waals surface area contributed by atoms with Crippen molar-refractivity contribution < 1.29 is 9.84 Å². The minimum atomic E-state index is -0.265. The van der Waals surface area contributed by atoms with Crippen LogP contribution in [0.1, 0.15) is 102 Å². The van der Waals surface area contributed by atoms with Gasteiger partial charge in [0, 0.05) is 0 Å². The van der Waals surface area contributed by atoms with E-state index in [1.165, 1.54) is 69.8 Å². The van der Waals surface area contributed by atoms with Gasteiger partial charge in [-0.15, -0.1) is 6.58 Å². The van der Waals surface area contributed by atoms with Crippen molar-refractivity contribution in [3.8, 4) is 0 Å². The van der Waals surface area contributed by atoms with E-state index >= 15 is 0 Å². The molecule has 0 saturated carbocycles. The number of hydrogen-bond acceptors (Lipinski definition) is 2. The number of aliphatic hydroxyl groups excluding tert-OH is 1. The van der Waals surface area contributed by atoms with Gasteiger partial charge in [-0.2, -0.15) is 0 Å². The lowest BCUT2D eigenvalue weighted by Crippen LogP contribution is -2.20. The van der Waals surface area contributed by atoms with Crippen molar-refractivity contribution in [2.45, 2.75) is 116 Å². The monoisotopic (exact) mass is 388 g/mol. The van der Waals surface area contributed by atoms with Crippen LogP contribution in [-0.4, -0.2) is 17.3 Å². The van der Waals surface area contributed by atoms with E-state index in [1.807, 2.05) is 24.3 Å². The molecule has 1 rings (SSSR count). The standard InChI is InChI=1S/C26H44O2/c1-3-5-6-7-8-9-10-11-12-13-17-21-25(27)22-26(18-4-2)28-23-24-19-15-14-16-20-24/h4,14-16,19-20,25-27H,2-3,5-13,17-18,21-23H2,1H3/t25-,26+/m1/s1. The highest BCUT2D eigenvalue weighted by molar-refractivity contribution is 5.13.